The standard InChI is InChI=1S/C15H20F2N2O/c16-13-5-4-12(10-14(13)17)11-18-7-6-15(20)19-8-2-1-3-9-19/h4-5,10,18H,1-3,6-9,11H2. The molecule has 0 bridgehead atoms. The second kappa shape index (κ2) is 7.33. The van der Waals surface area contributed by atoms with Crippen LogP contribution in [0.3, 0.4) is 0 Å². The van der Waals surface area contributed by atoms with Gasteiger partial charge in [0.1, 0.15) is 0 Å². The van der Waals surface area contributed by atoms with E-state index in [0.717, 1.165) is 32.0 Å². The van der Waals surface area contributed by atoms with Crippen LogP contribution in [0.5, 0.6) is 0 Å². The van der Waals surface area contributed by atoms with Crippen molar-refractivity contribution in [1.82, 2.24) is 10.2 Å². The van der Waals surface area contributed by atoms with Crippen LogP contribution < -0.4 is 5.32 Å². The number of nitrogens with zero attached hydrogens (tertiary/aromatic N) is 1. The molecule has 0 atom stereocenters. The number of carbonyl (C=O) groups is 1. The topological polar surface area (TPSA) is 32.3 Å². The molecule has 1 N–H and O–H groups in total. The molecule has 0 radical (unpaired) electrons. The number of carbonyl (C=O) groups excluding carboxylic acids is 1. The average molecular weight is 282 g/mol. The van der Waals surface area contributed by atoms with Gasteiger partial charge in [-0.2, -0.15) is 0 Å². The van der Waals surface area contributed by atoms with Gasteiger partial charge in [0.05, 0.1) is 0 Å². The molecule has 1 aromatic carbocycles. The number of piperidine rings is 1. The van der Waals surface area contributed by atoms with Crippen LogP contribution in [0.4, 0.5) is 8.78 Å². The van der Waals surface area contributed by atoms with Crippen LogP contribution in [-0.4, -0.2) is 30.4 Å². The van der Waals surface area contributed by atoms with Crippen molar-refractivity contribution in [2.45, 2.75) is 32.2 Å². The normalized spacial score (nSPS) is 15.4. The highest BCUT2D eigenvalue weighted by Crippen LogP contribution is 2.10. The van der Waals surface area contributed by atoms with Gasteiger partial charge in [-0.3, -0.25) is 4.79 Å². The van der Waals surface area contributed by atoms with Crippen molar-refractivity contribution in [2.75, 3.05) is 19.6 Å². The molecule has 0 aromatic heterocycles. The lowest BCUT2D eigenvalue weighted by Crippen LogP contribution is -2.37. The highest BCUT2D eigenvalue weighted by molar-refractivity contribution is 5.76. The van der Waals surface area contributed by atoms with E-state index in [0.29, 0.717) is 25.1 Å². The van der Waals surface area contributed by atoms with Crippen molar-refractivity contribution in [3.63, 3.8) is 0 Å². The summed E-state index contributed by atoms with van der Waals surface area (Å²) in [6.45, 7) is 2.71. The Morgan fingerprint density at radius 2 is 1.90 bits per heavy atom. The fraction of sp³-hybridized carbons (Fsp3) is 0.533. The van der Waals surface area contributed by atoms with Crippen LogP contribution in [0.1, 0.15) is 31.2 Å². The molecule has 0 saturated carbocycles. The monoisotopic (exact) mass is 282 g/mol. The smallest absolute Gasteiger partial charge is 0.223 e. The molecule has 3 nitrogen and oxygen atoms in total. The predicted molar refractivity (Wildman–Crippen MR) is 73.1 cm³/mol. The molecule has 1 heterocycles. The minimum atomic E-state index is -0.839. The maximum absolute atomic E-state index is 13.0. The van der Waals surface area contributed by atoms with Crippen molar-refractivity contribution >= 4 is 5.91 Å². The zero-order chi connectivity index (χ0) is 14.4. The molecular weight excluding hydrogens is 262 g/mol. The summed E-state index contributed by atoms with van der Waals surface area (Å²) in [5, 5.41) is 3.08. The Morgan fingerprint density at radius 3 is 2.60 bits per heavy atom. The van der Waals surface area contributed by atoms with Crippen molar-refractivity contribution in [2.24, 2.45) is 0 Å². The van der Waals surface area contributed by atoms with E-state index in [1.807, 2.05) is 4.90 Å². The molecule has 20 heavy (non-hydrogen) atoms. The van der Waals surface area contributed by atoms with Gasteiger partial charge in [0.2, 0.25) is 5.91 Å². The SMILES string of the molecule is O=C(CCNCc1ccc(F)c(F)c1)N1CCCCC1. The van der Waals surface area contributed by atoms with E-state index in [-0.39, 0.29) is 5.91 Å². The molecule has 1 aliphatic heterocycles. The van der Waals surface area contributed by atoms with Gasteiger partial charge in [0.25, 0.3) is 0 Å². The predicted octanol–water partition coefficient (Wildman–Crippen LogP) is 2.46. The zero-order valence-electron chi connectivity index (χ0n) is 11.5. The van der Waals surface area contributed by atoms with Crippen LogP contribution in [0.15, 0.2) is 18.2 Å². The number of amides is 1. The Hall–Kier alpha value is -1.49. The summed E-state index contributed by atoms with van der Waals surface area (Å²) in [7, 11) is 0. The van der Waals surface area contributed by atoms with E-state index in [1.54, 1.807) is 0 Å². The molecule has 1 fully saturated rings. The van der Waals surface area contributed by atoms with Crippen LogP contribution in [0.2, 0.25) is 0 Å². The van der Waals surface area contributed by atoms with Crippen LogP contribution in [-0.2, 0) is 11.3 Å². The molecule has 1 aromatic rings. The number of benzene rings is 1. The third-order valence-corrected chi connectivity index (χ3v) is 3.54. The molecular formula is C15H20F2N2O. The second-order valence-electron chi connectivity index (χ2n) is 5.12. The Balaban J connectivity index is 1.68. The van der Waals surface area contributed by atoms with E-state index in [4.69, 9.17) is 0 Å². The third-order valence-electron chi connectivity index (χ3n) is 3.54. The first-order chi connectivity index (χ1) is 9.66. The summed E-state index contributed by atoms with van der Waals surface area (Å²) in [5.41, 5.74) is 0.675. The van der Waals surface area contributed by atoms with Gasteiger partial charge >= 0.3 is 0 Å². The summed E-state index contributed by atoms with van der Waals surface area (Å²) in [4.78, 5) is 13.8. The van der Waals surface area contributed by atoms with Gasteiger partial charge in [0.15, 0.2) is 11.6 Å². The summed E-state index contributed by atoms with van der Waals surface area (Å²) in [5.74, 6) is -1.51. The fourth-order valence-corrected chi connectivity index (χ4v) is 2.38. The Morgan fingerprint density at radius 1 is 1.15 bits per heavy atom. The maximum atomic E-state index is 13.0. The minimum absolute atomic E-state index is 0.169. The van der Waals surface area contributed by atoms with Gasteiger partial charge in [-0.05, 0) is 37.0 Å². The van der Waals surface area contributed by atoms with E-state index in [1.165, 1.54) is 18.6 Å². The summed E-state index contributed by atoms with van der Waals surface area (Å²) >= 11 is 0. The number of hydrogen-bond donors (Lipinski definition) is 1. The Bertz CT molecular complexity index is 459. The van der Waals surface area contributed by atoms with Crippen molar-refractivity contribution in [3.8, 4) is 0 Å². The highest BCUT2D eigenvalue weighted by Gasteiger charge is 2.15. The van der Waals surface area contributed by atoms with Crippen molar-refractivity contribution in [1.29, 1.82) is 0 Å². The lowest BCUT2D eigenvalue weighted by atomic mass is 10.1. The van der Waals surface area contributed by atoms with Crippen LogP contribution in [0.25, 0.3) is 0 Å². The van der Waals surface area contributed by atoms with E-state index in [2.05, 4.69) is 5.32 Å². The number of likely N-dealkylation sites (tertiary alicyclic amines) is 1. The third kappa shape index (κ3) is 4.27. The van der Waals surface area contributed by atoms with Gasteiger partial charge in [-0.15, -0.1) is 0 Å². The van der Waals surface area contributed by atoms with Crippen LogP contribution in [0, 0.1) is 11.6 Å². The lowest BCUT2D eigenvalue weighted by molar-refractivity contribution is -0.131. The lowest BCUT2D eigenvalue weighted by Gasteiger charge is -2.26. The molecule has 0 unspecified atom stereocenters. The molecule has 1 amide bonds. The second-order valence-corrected chi connectivity index (χ2v) is 5.12. The van der Waals surface area contributed by atoms with Gasteiger partial charge in [0, 0.05) is 32.6 Å². The number of rotatable bonds is 5. The summed E-state index contributed by atoms with van der Waals surface area (Å²) in [6.07, 6.45) is 3.84. The molecule has 0 spiro atoms. The van der Waals surface area contributed by atoms with E-state index >= 15 is 0 Å². The molecule has 110 valence electrons. The first-order valence-electron chi connectivity index (χ1n) is 7.09. The summed E-state index contributed by atoms with van der Waals surface area (Å²) < 4.78 is 25.7. The number of halogens is 2. The van der Waals surface area contributed by atoms with Gasteiger partial charge in [-0.1, -0.05) is 6.07 Å². The van der Waals surface area contributed by atoms with E-state index < -0.39 is 11.6 Å². The maximum Gasteiger partial charge on any atom is 0.223 e. The first-order valence-corrected chi connectivity index (χ1v) is 7.09. The molecule has 2 rings (SSSR count). The number of hydrogen-bond acceptors (Lipinski definition) is 2. The van der Waals surface area contributed by atoms with Gasteiger partial charge in [-0.25, -0.2) is 8.78 Å². The van der Waals surface area contributed by atoms with Crippen molar-refractivity contribution in [3.05, 3.63) is 35.4 Å². The Kier molecular flexibility index (Phi) is 5.47. The zero-order valence-corrected chi connectivity index (χ0v) is 11.5. The van der Waals surface area contributed by atoms with Crippen LogP contribution >= 0.6 is 0 Å². The molecule has 0 aliphatic carbocycles. The first kappa shape index (κ1) is 14.9. The van der Waals surface area contributed by atoms with Crippen molar-refractivity contribution < 1.29 is 13.6 Å². The average Bonchev–Trinajstić information content (AvgIpc) is 2.48. The molecule has 1 aliphatic rings. The fourth-order valence-electron chi connectivity index (χ4n) is 2.38. The molecule has 5 heteroatoms. The minimum Gasteiger partial charge on any atom is -0.343 e. The quantitative estimate of drug-likeness (QED) is 0.841. The largest absolute Gasteiger partial charge is 0.343 e. The summed E-state index contributed by atoms with van der Waals surface area (Å²) in [6, 6.07) is 3.83. The molecule has 1 saturated heterocycles. The Labute approximate surface area is 118 Å². The van der Waals surface area contributed by atoms with E-state index in [9.17, 15) is 13.6 Å². The number of nitrogens with one attached hydrogen (secondary N) is 1. The highest BCUT2D eigenvalue weighted by atomic mass is 19.2. The van der Waals surface area contributed by atoms with Gasteiger partial charge < -0.3 is 10.2 Å².